The van der Waals surface area contributed by atoms with Crippen molar-refractivity contribution in [2.75, 3.05) is 26.4 Å². The summed E-state index contributed by atoms with van der Waals surface area (Å²) < 4.78 is 23.7. The predicted octanol–water partition coefficient (Wildman–Crippen LogP) is 8.53. The summed E-state index contributed by atoms with van der Waals surface area (Å²) in [7, 11) is 0. The molecule has 0 unspecified atom stereocenters. The molecule has 0 spiro atoms. The molecular formula is C30H50O5. The summed E-state index contributed by atoms with van der Waals surface area (Å²) in [5.74, 6) is 1.77. The smallest absolute Gasteiger partial charge is 0.330 e. The summed E-state index contributed by atoms with van der Waals surface area (Å²) >= 11 is 0. The Balaban J connectivity index is 3.08. The van der Waals surface area contributed by atoms with Gasteiger partial charge in [0.25, 0.3) is 0 Å². The van der Waals surface area contributed by atoms with E-state index in [1.807, 2.05) is 19.1 Å². The third-order valence-corrected chi connectivity index (χ3v) is 5.69. The number of benzene rings is 1. The van der Waals surface area contributed by atoms with Crippen molar-refractivity contribution in [3.63, 3.8) is 0 Å². The minimum atomic E-state index is -0.356. The lowest BCUT2D eigenvalue weighted by atomic mass is 10.1. The zero-order chi connectivity index (χ0) is 25.6. The molecule has 35 heavy (non-hydrogen) atoms. The SMILES string of the molecule is CCCCCCOc1cc(OCCCCCC)c(C=CC(=O)OCCC)c(OCCCCCC)c1. The Bertz CT molecular complexity index is 663. The lowest BCUT2D eigenvalue weighted by Gasteiger charge is -2.17. The first kappa shape index (κ1) is 30.9. The lowest BCUT2D eigenvalue weighted by molar-refractivity contribution is -0.137. The second kappa shape index (κ2) is 21.1. The summed E-state index contributed by atoms with van der Waals surface area (Å²) in [6.45, 7) is 10.9. The number of esters is 1. The highest BCUT2D eigenvalue weighted by atomic mass is 16.5. The van der Waals surface area contributed by atoms with Crippen LogP contribution in [-0.2, 0) is 9.53 Å². The molecule has 0 atom stereocenters. The van der Waals surface area contributed by atoms with E-state index in [-0.39, 0.29) is 5.97 Å². The van der Waals surface area contributed by atoms with Gasteiger partial charge in [0, 0.05) is 18.2 Å². The zero-order valence-electron chi connectivity index (χ0n) is 22.9. The van der Waals surface area contributed by atoms with Crippen LogP contribution < -0.4 is 14.2 Å². The molecular weight excluding hydrogens is 440 g/mol. The molecule has 0 aliphatic rings. The van der Waals surface area contributed by atoms with Gasteiger partial charge in [-0.1, -0.05) is 85.5 Å². The zero-order valence-corrected chi connectivity index (χ0v) is 22.9. The summed E-state index contributed by atoms with van der Waals surface area (Å²) in [4.78, 5) is 12.1. The van der Waals surface area contributed by atoms with Crippen LogP contribution in [0.5, 0.6) is 17.2 Å². The number of rotatable bonds is 22. The highest BCUT2D eigenvalue weighted by Crippen LogP contribution is 2.36. The Labute approximate surface area is 214 Å². The molecule has 1 rings (SSSR count). The second-order valence-electron chi connectivity index (χ2n) is 9.06. The van der Waals surface area contributed by atoms with Crippen molar-refractivity contribution in [3.05, 3.63) is 23.8 Å². The molecule has 0 N–H and O–H groups in total. The van der Waals surface area contributed by atoms with Crippen LogP contribution in [0.4, 0.5) is 0 Å². The normalized spacial score (nSPS) is 11.1. The molecule has 0 fully saturated rings. The summed E-state index contributed by atoms with van der Waals surface area (Å²) in [6, 6.07) is 3.86. The van der Waals surface area contributed by atoms with Gasteiger partial charge in [0.2, 0.25) is 0 Å². The summed E-state index contributed by atoms with van der Waals surface area (Å²) in [6.07, 6.45) is 17.7. The van der Waals surface area contributed by atoms with E-state index in [9.17, 15) is 4.79 Å². The summed E-state index contributed by atoms with van der Waals surface area (Å²) in [5, 5.41) is 0. The molecule has 0 radical (unpaired) electrons. The van der Waals surface area contributed by atoms with E-state index >= 15 is 0 Å². The van der Waals surface area contributed by atoms with Crippen LogP contribution in [0.1, 0.15) is 117 Å². The van der Waals surface area contributed by atoms with E-state index in [4.69, 9.17) is 18.9 Å². The average Bonchev–Trinajstić information content (AvgIpc) is 2.86. The molecule has 0 aromatic heterocycles. The molecule has 0 saturated carbocycles. The maximum absolute atomic E-state index is 12.1. The first-order valence-corrected chi connectivity index (χ1v) is 14.1. The molecule has 5 heteroatoms. The van der Waals surface area contributed by atoms with Crippen molar-refractivity contribution in [2.24, 2.45) is 0 Å². The number of unbranched alkanes of at least 4 members (excludes halogenated alkanes) is 9. The third-order valence-electron chi connectivity index (χ3n) is 5.69. The van der Waals surface area contributed by atoms with Gasteiger partial charge in [-0.2, -0.15) is 0 Å². The molecule has 0 aliphatic heterocycles. The van der Waals surface area contributed by atoms with Gasteiger partial charge >= 0.3 is 5.97 Å². The molecule has 1 aromatic rings. The highest BCUT2D eigenvalue weighted by Gasteiger charge is 2.14. The number of ether oxygens (including phenoxy) is 4. The topological polar surface area (TPSA) is 54.0 Å². The molecule has 0 amide bonds. The van der Waals surface area contributed by atoms with Gasteiger partial charge in [-0.15, -0.1) is 0 Å². The standard InChI is InChI=1S/C30H50O5/c1-5-9-12-15-21-32-26-24-28(33-22-16-13-10-6-2)27(18-19-30(31)35-20-8-4)29(25-26)34-23-17-14-11-7-3/h18-19,24-25H,5-17,20-23H2,1-4H3. The lowest BCUT2D eigenvalue weighted by Crippen LogP contribution is -2.06. The first-order valence-electron chi connectivity index (χ1n) is 14.1. The minimum Gasteiger partial charge on any atom is -0.493 e. The van der Waals surface area contributed by atoms with Crippen LogP contribution in [-0.4, -0.2) is 32.4 Å². The molecule has 5 nitrogen and oxygen atoms in total. The molecule has 0 saturated heterocycles. The van der Waals surface area contributed by atoms with Crippen molar-refractivity contribution in [2.45, 2.75) is 111 Å². The van der Waals surface area contributed by atoms with E-state index in [1.54, 1.807) is 6.08 Å². The fourth-order valence-electron chi connectivity index (χ4n) is 3.61. The molecule has 0 heterocycles. The molecule has 0 aliphatic carbocycles. The van der Waals surface area contributed by atoms with Gasteiger partial charge in [0.15, 0.2) is 0 Å². The van der Waals surface area contributed by atoms with Crippen LogP contribution in [0, 0.1) is 0 Å². The van der Waals surface area contributed by atoms with Crippen molar-refractivity contribution < 1.29 is 23.7 Å². The fourth-order valence-corrected chi connectivity index (χ4v) is 3.61. The van der Waals surface area contributed by atoms with E-state index in [0.29, 0.717) is 37.9 Å². The third kappa shape index (κ3) is 14.7. The quantitative estimate of drug-likeness (QED) is 0.0926. The number of hydrogen-bond donors (Lipinski definition) is 0. The Hall–Kier alpha value is -2.17. The van der Waals surface area contributed by atoms with E-state index in [0.717, 1.165) is 49.8 Å². The highest BCUT2D eigenvalue weighted by molar-refractivity contribution is 5.88. The molecule has 0 bridgehead atoms. The largest absolute Gasteiger partial charge is 0.493 e. The second-order valence-corrected chi connectivity index (χ2v) is 9.06. The van der Waals surface area contributed by atoms with Crippen LogP contribution in [0.2, 0.25) is 0 Å². The minimum absolute atomic E-state index is 0.356. The van der Waals surface area contributed by atoms with Crippen LogP contribution in [0.3, 0.4) is 0 Å². The number of carbonyl (C=O) groups excluding carboxylic acids is 1. The van der Waals surface area contributed by atoms with Gasteiger partial charge in [0.05, 0.1) is 32.0 Å². The van der Waals surface area contributed by atoms with Crippen molar-refractivity contribution >= 4 is 12.0 Å². The monoisotopic (exact) mass is 490 g/mol. The Morgan fingerprint density at radius 3 is 1.57 bits per heavy atom. The van der Waals surface area contributed by atoms with Crippen molar-refractivity contribution in [1.29, 1.82) is 0 Å². The molecule has 1 aromatic carbocycles. The fraction of sp³-hybridized carbons (Fsp3) is 0.700. The molecule has 200 valence electrons. The Morgan fingerprint density at radius 2 is 1.11 bits per heavy atom. The maximum Gasteiger partial charge on any atom is 0.330 e. The van der Waals surface area contributed by atoms with Gasteiger partial charge in [0.1, 0.15) is 17.2 Å². The average molecular weight is 491 g/mol. The van der Waals surface area contributed by atoms with Crippen molar-refractivity contribution in [3.8, 4) is 17.2 Å². The van der Waals surface area contributed by atoms with Gasteiger partial charge in [-0.25, -0.2) is 4.79 Å². The van der Waals surface area contributed by atoms with Gasteiger partial charge < -0.3 is 18.9 Å². The van der Waals surface area contributed by atoms with Crippen molar-refractivity contribution in [1.82, 2.24) is 0 Å². The number of carbonyl (C=O) groups is 1. The van der Waals surface area contributed by atoms with Crippen LogP contribution >= 0.6 is 0 Å². The Morgan fingerprint density at radius 1 is 0.629 bits per heavy atom. The van der Waals surface area contributed by atoms with E-state index < -0.39 is 0 Å². The van der Waals surface area contributed by atoms with Crippen LogP contribution in [0.25, 0.3) is 6.08 Å². The number of hydrogen-bond acceptors (Lipinski definition) is 5. The maximum atomic E-state index is 12.1. The van der Waals surface area contributed by atoms with E-state index in [2.05, 4.69) is 20.8 Å². The van der Waals surface area contributed by atoms with Crippen LogP contribution in [0.15, 0.2) is 18.2 Å². The predicted molar refractivity (Wildman–Crippen MR) is 146 cm³/mol. The Kier molecular flexibility index (Phi) is 18.6. The van der Waals surface area contributed by atoms with E-state index in [1.165, 1.54) is 51.0 Å². The van der Waals surface area contributed by atoms with Gasteiger partial charge in [-0.05, 0) is 31.8 Å². The summed E-state index contributed by atoms with van der Waals surface area (Å²) in [5.41, 5.74) is 0.766. The van der Waals surface area contributed by atoms with Gasteiger partial charge in [-0.3, -0.25) is 0 Å². The first-order chi connectivity index (χ1) is 17.2.